The summed E-state index contributed by atoms with van der Waals surface area (Å²) < 4.78 is 5.10. The summed E-state index contributed by atoms with van der Waals surface area (Å²) in [5, 5.41) is 1.92. The Bertz CT molecular complexity index is 571. The van der Waals surface area contributed by atoms with Crippen molar-refractivity contribution in [2.45, 2.75) is 0 Å². The molecule has 0 aliphatic rings. The van der Waals surface area contributed by atoms with Gasteiger partial charge in [-0.05, 0) is 29.7 Å². The Hall–Kier alpha value is -2.20. The lowest BCUT2D eigenvalue weighted by Gasteiger charge is -2.04. The number of aldehydes is 1. The molecule has 0 aliphatic carbocycles. The lowest BCUT2D eigenvalue weighted by atomic mass is 10.2. The average Bonchev–Trinajstić information content (AvgIpc) is 2.97. The number of esters is 1. The number of rotatable bonds is 5. The van der Waals surface area contributed by atoms with Crippen molar-refractivity contribution in [2.75, 3.05) is 6.61 Å². The Balaban J connectivity index is 1.97. The van der Waals surface area contributed by atoms with Crippen LogP contribution in [0.1, 0.15) is 15.2 Å². The SMILES string of the molecule is O=C/C(=C/c1cccs1)COC(=O)c1ccccc1. The van der Waals surface area contributed by atoms with E-state index in [1.807, 2.05) is 23.6 Å². The molecule has 96 valence electrons. The Morgan fingerprint density at radius 1 is 1.16 bits per heavy atom. The fourth-order valence-corrected chi connectivity index (χ4v) is 2.16. The maximum atomic E-state index is 11.7. The Kier molecular flexibility index (Phi) is 4.64. The van der Waals surface area contributed by atoms with Crippen LogP contribution < -0.4 is 0 Å². The van der Waals surface area contributed by atoms with Crippen molar-refractivity contribution in [1.82, 2.24) is 0 Å². The zero-order valence-corrected chi connectivity index (χ0v) is 10.9. The average molecular weight is 272 g/mol. The van der Waals surface area contributed by atoms with Gasteiger partial charge in [-0.1, -0.05) is 24.3 Å². The van der Waals surface area contributed by atoms with Gasteiger partial charge >= 0.3 is 5.97 Å². The molecular weight excluding hydrogens is 260 g/mol. The summed E-state index contributed by atoms with van der Waals surface area (Å²) in [5.41, 5.74) is 0.913. The molecule has 0 radical (unpaired) electrons. The molecule has 0 fully saturated rings. The summed E-state index contributed by atoms with van der Waals surface area (Å²) in [5.74, 6) is -0.431. The van der Waals surface area contributed by atoms with E-state index in [9.17, 15) is 9.59 Å². The van der Waals surface area contributed by atoms with Gasteiger partial charge in [0.15, 0.2) is 0 Å². The molecule has 19 heavy (non-hydrogen) atoms. The molecule has 0 atom stereocenters. The molecule has 0 bridgehead atoms. The van der Waals surface area contributed by atoms with Crippen molar-refractivity contribution in [3.05, 3.63) is 63.9 Å². The summed E-state index contributed by atoms with van der Waals surface area (Å²) in [7, 11) is 0. The molecule has 2 rings (SSSR count). The number of benzene rings is 1. The van der Waals surface area contributed by atoms with Crippen LogP contribution in [0.5, 0.6) is 0 Å². The number of carbonyl (C=O) groups is 2. The molecule has 0 aliphatic heterocycles. The third-order valence-corrected chi connectivity index (χ3v) is 3.22. The van der Waals surface area contributed by atoms with Gasteiger partial charge < -0.3 is 4.74 Å². The predicted molar refractivity (Wildman–Crippen MR) is 75.1 cm³/mol. The molecule has 1 aromatic carbocycles. The lowest BCUT2D eigenvalue weighted by molar-refractivity contribution is -0.105. The number of carbonyl (C=O) groups excluding carboxylic acids is 2. The van der Waals surface area contributed by atoms with Gasteiger partial charge in [-0.2, -0.15) is 0 Å². The lowest BCUT2D eigenvalue weighted by Crippen LogP contribution is -2.08. The van der Waals surface area contributed by atoms with Gasteiger partial charge in [0.25, 0.3) is 0 Å². The third kappa shape index (κ3) is 3.89. The largest absolute Gasteiger partial charge is 0.457 e. The van der Waals surface area contributed by atoms with Crippen LogP contribution in [0.15, 0.2) is 53.4 Å². The first-order valence-corrected chi connectivity index (χ1v) is 6.59. The Labute approximate surface area is 115 Å². The summed E-state index contributed by atoms with van der Waals surface area (Å²) in [6.07, 6.45) is 2.42. The van der Waals surface area contributed by atoms with Gasteiger partial charge in [0, 0.05) is 10.5 Å². The molecule has 0 N–H and O–H groups in total. The predicted octanol–water partition coefficient (Wildman–Crippen LogP) is 3.19. The van der Waals surface area contributed by atoms with E-state index in [1.165, 1.54) is 11.3 Å². The van der Waals surface area contributed by atoms with Crippen LogP contribution in [-0.2, 0) is 9.53 Å². The van der Waals surface area contributed by atoms with Gasteiger partial charge in [0.1, 0.15) is 12.9 Å². The van der Waals surface area contributed by atoms with E-state index >= 15 is 0 Å². The molecule has 0 saturated heterocycles. The molecule has 0 unspecified atom stereocenters. The van der Waals surface area contributed by atoms with Gasteiger partial charge in [0.2, 0.25) is 0 Å². The van der Waals surface area contributed by atoms with Gasteiger partial charge in [0.05, 0.1) is 5.56 Å². The van der Waals surface area contributed by atoms with Crippen molar-refractivity contribution in [1.29, 1.82) is 0 Å². The number of ether oxygens (including phenoxy) is 1. The highest BCUT2D eigenvalue weighted by molar-refractivity contribution is 7.10. The van der Waals surface area contributed by atoms with E-state index in [-0.39, 0.29) is 6.61 Å². The second-order valence-electron chi connectivity index (χ2n) is 3.79. The summed E-state index contributed by atoms with van der Waals surface area (Å²) >= 11 is 1.52. The maximum absolute atomic E-state index is 11.7. The number of thiophene rings is 1. The molecule has 0 saturated carbocycles. The van der Waals surface area contributed by atoms with Gasteiger partial charge in [-0.25, -0.2) is 4.79 Å². The van der Waals surface area contributed by atoms with Crippen molar-refractivity contribution >= 4 is 29.7 Å². The summed E-state index contributed by atoms with van der Waals surface area (Å²) in [6, 6.07) is 12.5. The second kappa shape index (κ2) is 6.66. The van der Waals surface area contributed by atoms with Gasteiger partial charge in [-0.3, -0.25) is 4.79 Å². The molecule has 2 aromatic rings. The molecular formula is C15H12O3S. The molecule has 3 nitrogen and oxygen atoms in total. The highest BCUT2D eigenvalue weighted by Crippen LogP contribution is 2.13. The number of hydrogen-bond acceptors (Lipinski definition) is 4. The summed E-state index contributed by atoms with van der Waals surface area (Å²) in [6.45, 7) is -0.0187. The maximum Gasteiger partial charge on any atom is 0.338 e. The van der Waals surface area contributed by atoms with Crippen LogP contribution in [0.2, 0.25) is 0 Å². The first-order chi connectivity index (χ1) is 9.29. The van der Waals surface area contributed by atoms with E-state index in [0.29, 0.717) is 17.4 Å². The number of hydrogen-bond donors (Lipinski definition) is 0. The quantitative estimate of drug-likeness (QED) is 0.477. The van der Waals surface area contributed by atoms with E-state index in [2.05, 4.69) is 0 Å². The normalized spacial score (nSPS) is 11.1. The van der Waals surface area contributed by atoms with Crippen LogP contribution in [-0.4, -0.2) is 18.9 Å². The van der Waals surface area contributed by atoms with Crippen LogP contribution in [0, 0.1) is 0 Å². The highest BCUT2D eigenvalue weighted by Gasteiger charge is 2.07. The Morgan fingerprint density at radius 3 is 2.58 bits per heavy atom. The van der Waals surface area contributed by atoms with Crippen LogP contribution >= 0.6 is 11.3 Å². The molecule has 0 spiro atoms. The molecule has 4 heteroatoms. The smallest absolute Gasteiger partial charge is 0.338 e. The monoisotopic (exact) mass is 272 g/mol. The zero-order valence-electron chi connectivity index (χ0n) is 10.1. The first-order valence-electron chi connectivity index (χ1n) is 5.71. The van der Waals surface area contributed by atoms with Crippen molar-refractivity contribution in [2.24, 2.45) is 0 Å². The van der Waals surface area contributed by atoms with Crippen LogP contribution in [0.4, 0.5) is 0 Å². The van der Waals surface area contributed by atoms with E-state index in [1.54, 1.807) is 30.3 Å². The molecule has 1 heterocycles. The molecule has 0 amide bonds. The van der Waals surface area contributed by atoms with Crippen LogP contribution in [0.3, 0.4) is 0 Å². The van der Waals surface area contributed by atoms with E-state index in [4.69, 9.17) is 4.74 Å². The fraction of sp³-hybridized carbons (Fsp3) is 0.0667. The Morgan fingerprint density at radius 2 is 1.95 bits per heavy atom. The standard InChI is InChI=1S/C15H12O3S/c16-10-12(9-14-7-4-8-19-14)11-18-15(17)13-5-2-1-3-6-13/h1-10H,11H2/b12-9-. The van der Waals surface area contributed by atoms with Crippen molar-refractivity contribution in [3.63, 3.8) is 0 Å². The fourth-order valence-electron chi connectivity index (χ4n) is 1.47. The minimum atomic E-state index is -0.431. The first kappa shape index (κ1) is 13.2. The summed E-state index contributed by atoms with van der Waals surface area (Å²) in [4.78, 5) is 23.6. The van der Waals surface area contributed by atoms with Crippen molar-refractivity contribution < 1.29 is 14.3 Å². The minimum Gasteiger partial charge on any atom is -0.457 e. The minimum absolute atomic E-state index is 0.0187. The highest BCUT2D eigenvalue weighted by atomic mass is 32.1. The van der Waals surface area contributed by atoms with E-state index < -0.39 is 5.97 Å². The van der Waals surface area contributed by atoms with E-state index in [0.717, 1.165) is 4.88 Å². The topological polar surface area (TPSA) is 43.4 Å². The van der Waals surface area contributed by atoms with Crippen LogP contribution in [0.25, 0.3) is 6.08 Å². The van der Waals surface area contributed by atoms with Crippen molar-refractivity contribution in [3.8, 4) is 0 Å². The van der Waals surface area contributed by atoms with Gasteiger partial charge in [-0.15, -0.1) is 11.3 Å². The second-order valence-corrected chi connectivity index (χ2v) is 4.77. The third-order valence-electron chi connectivity index (χ3n) is 2.40. The molecule has 1 aromatic heterocycles. The zero-order chi connectivity index (χ0) is 13.5.